The van der Waals surface area contributed by atoms with E-state index >= 15 is 0 Å². The Kier molecular flexibility index (Phi) is 4.66. The van der Waals surface area contributed by atoms with E-state index in [4.69, 9.17) is 14.7 Å². The summed E-state index contributed by atoms with van der Waals surface area (Å²) in [4.78, 5) is 10.1. The number of para-hydroxylation sites is 2. The number of hydrogen-bond acceptors (Lipinski definition) is 5. The molecule has 0 spiro atoms. The lowest BCUT2D eigenvalue weighted by Gasteiger charge is -2.42. The minimum absolute atomic E-state index is 0.0968. The number of halogens is 1. The first-order valence-corrected chi connectivity index (χ1v) is 12.8. The molecule has 6 nitrogen and oxygen atoms in total. The first kappa shape index (κ1) is 21.4. The Labute approximate surface area is 216 Å². The predicted molar refractivity (Wildman–Crippen MR) is 146 cm³/mol. The lowest BCUT2D eigenvalue weighted by atomic mass is 9.86. The van der Waals surface area contributed by atoms with Crippen LogP contribution in [0.1, 0.15) is 25.5 Å². The zero-order valence-electron chi connectivity index (χ0n) is 19.8. The number of ether oxygens (including phenoxy) is 1. The molecular formula is C29H22BrN5O. The topological polar surface area (TPSA) is 65.7 Å². The summed E-state index contributed by atoms with van der Waals surface area (Å²) in [6.07, 6.45) is 2.01. The highest BCUT2D eigenvalue weighted by molar-refractivity contribution is 9.09. The second-order valence-electron chi connectivity index (χ2n) is 9.70. The molecule has 3 heterocycles. The molecule has 1 aliphatic rings. The Bertz CT molecular complexity index is 1780. The zero-order valence-corrected chi connectivity index (χ0v) is 21.3. The molecule has 0 N–H and O–H groups in total. The Morgan fingerprint density at radius 1 is 0.806 bits per heavy atom. The van der Waals surface area contributed by atoms with E-state index in [-0.39, 0.29) is 10.9 Å². The van der Waals surface area contributed by atoms with E-state index in [0.717, 1.165) is 55.4 Å². The average molecular weight is 536 g/mol. The van der Waals surface area contributed by atoms with Crippen LogP contribution >= 0.6 is 15.9 Å². The molecule has 4 aromatic carbocycles. The molecule has 0 bridgehead atoms. The van der Waals surface area contributed by atoms with Crippen molar-refractivity contribution in [2.24, 2.45) is 0 Å². The fourth-order valence-electron chi connectivity index (χ4n) is 5.17. The maximum Gasteiger partial charge on any atom is 0.135 e. The van der Waals surface area contributed by atoms with E-state index < -0.39 is 5.60 Å². The van der Waals surface area contributed by atoms with Crippen LogP contribution in [0.15, 0.2) is 85.1 Å². The summed E-state index contributed by atoms with van der Waals surface area (Å²) >= 11 is 3.99. The van der Waals surface area contributed by atoms with Gasteiger partial charge in [-0.25, -0.2) is 14.6 Å². The predicted octanol–water partition coefficient (Wildman–Crippen LogP) is 6.72. The highest BCUT2D eigenvalue weighted by Gasteiger charge is 2.46. The van der Waals surface area contributed by atoms with Gasteiger partial charge in [0, 0.05) is 21.9 Å². The molecular weight excluding hydrogens is 514 g/mol. The molecule has 2 aromatic heterocycles. The van der Waals surface area contributed by atoms with Crippen molar-refractivity contribution in [3.8, 4) is 17.0 Å². The van der Waals surface area contributed by atoms with Gasteiger partial charge < -0.3 is 4.74 Å². The molecule has 6 aromatic rings. The Morgan fingerprint density at radius 3 is 2.19 bits per heavy atom. The molecule has 0 unspecified atom stereocenters. The third-order valence-electron chi connectivity index (χ3n) is 6.96. The second kappa shape index (κ2) is 7.83. The molecule has 2 atom stereocenters. The quantitative estimate of drug-likeness (QED) is 0.140. The molecule has 0 saturated heterocycles. The molecule has 0 aliphatic carbocycles. The van der Waals surface area contributed by atoms with Crippen LogP contribution in [0.2, 0.25) is 0 Å². The molecule has 7 heteroatoms. The van der Waals surface area contributed by atoms with Crippen LogP contribution in [0.4, 0.5) is 0 Å². The summed E-state index contributed by atoms with van der Waals surface area (Å²) in [6, 6.07) is 26.1. The SMILES string of the molecule is CC1(C)Oc2c(c3nc4ccccc4nc3c3ccccc23)[C@@H](n2cc(-c3ccccc3)nn2)[C@@H]1Br. The van der Waals surface area contributed by atoms with Gasteiger partial charge in [0.1, 0.15) is 23.1 Å². The van der Waals surface area contributed by atoms with Crippen molar-refractivity contribution in [2.45, 2.75) is 30.3 Å². The summed E-state index contributed by atoms with van der Waals surface area (Å²) in [7, 11) is 0. The van der Waals surface area contributed by atoms with Gasteiger partial charge in [-0.3, -0.25) is 0 Å². The molecule has 0 saturated carbocycles. The number of fused-ring (bicyclic) bond motifs is 7. The van der Waals surface area contributed by atoms with E-state index in [1.54, 1.807) is 0 Å². The van der Waals surface area contributed by atoms with Gasteiger partial charge in [0.25, 0.3) is 0 Å². The smallest absolute Gasteiger partial charge is 0.135 e. The molecule has 0 fully saturated rings. The number of benzene rings is 4. The average Bonchev–Trinajstić information content (AvgIpc) is 3.39. The van der Waals surface area contributed by atoms with Gasteiger partial charge in [-0.05, 0) is 26.0 Å². The molecule has 176 valence electrons. The summed E-state index contributed by atoms with van der Waals surface area (Å²) in [6.45, 7) is 4.20. The van der Waals surface area contributed by atoms with Gasteiger partial charge in [-0.2, -0.15) is 0 Å². The lowest BCUT2D eigenvalue weighted by molar-refractivity contribution is 0.0772. The van der Waals surface area contributed by atoms with Gasteiger partial charge in [0.15, 0.2) is 0 Å². The second-order valence-corrected chi connectivity index (χ2v) is 10.7. The molecule has 0 amide bonds. The molecule has 36 heavy (non-hydrogen) atoms. The third-order valence-corrected chi connectivity index (χ3v) is 8.57. The van der Waals surface area contributed by atoms with Crippen LogP contribution in [0.3, 0.4) is 0 Å². The van der Waals surface area contributed by atoms with Crippen LogP contribution in [-0.2, 0) is 0 Å². The van der Waals surface area contributed by atoms with E-state index in [0.29, 0.717) is 0 Å². The van der Waals surface area contributed by atoms with Crippen molar-refractivity contribution >= 4 is 48.8 Å². The monoisotopic (exact) mass is 535 g/mol. The van der Waals surface area contributed by atoms with Crippen LogP contribution < -0.4 is 4.74 Å². The number of aromatic nitrogens is 5. The van der Waals surface area contributed by atoms with Gasteiger partial charge in [0.2, 0.25) is 0 Å². The Balaban J connectivity index is 1.57. The van der Waals surface area contributed by atoms with Crippen molar-refractivity contribution in [2.75, 3.05) is 0 Å². The van der Waals surface area contributed by atoms with Gasteiger partial charge >= 0.3 is 0 Å². The molecule has 7 rings (SSSR count). The zero-order chi connectivity index (χ0) is 24.4. The minimum Gasteiger partial charge on any atom is -0.485 e. The van der Waals surface area contributed by atoms with Gasteiger partial charge in [-0.1, -0.05) is 87.9 Å². The highest BCUT2D eigenvalue weighted by Crippen LogP contribution is 2.51. The van der Waals surface area contributed by atoms with Crippen LogP contribution in [0, 0.1) is 0 Å². The normalized spacial score (nSPS) is 18.9. The fraction of sp³-hybridized carbons (Fsp3) is 0.172. The van der Waals surface area contributed by atoms with Crippen LogP contribution in [0.25, 0.3) is 44.1 Å². The first-order chi connectivity index (χ1) is 17.5. The maximum absolute atomic E-state index is 6.73. The Morgan fingerprint density at radius 2 is 1.44 bits per heavy atom. The minimum atomic E-state index is -0.517. The van der Waals surface area contributed by atoms with Crippen molar-refractivity contribution in [1.82, 2.24) is 25.0 Å². The van der Waals surface area contributed by atoms with Crippen molar-refractivity contribution in [3.05, 3.63) is 90.6 Å². The number of alkyl halides is 1. The third kappa shape index (κ3) is 3.15. The van der Waals surface area contributed by atoms with E-state index in [1.807, 2.05) is 77.6 Å². The van der Waals surface area contributed by atoms with Gasteiger partial charge in [-0.15, -0.1) is 5.10 Å². The van der Waals surface area contributed by atoms with Crippen molar-refractivity contribution in [1.29, 1.82) is 0 Å². The number of rotatable bonds is 2. The van der Waals surface area contributed by atoms with Crippen LogP contribution in [-0.4, -0.2) is 35.4 Å². The van der Waals surface area contributed by atoms with E-state index in [1.165, 1.54) is 0 Å². The van der Waals surface area contributed by atoms with Gasteiger partial charge in [0.05, 0.1) is 33.1 Å². The van der Waals surface area contributed by atoms with Crippen molar-refractivity contribution < 1.29 is 4.74 Å². The molecule has 1 aliphatic heterocycles. The van der Waals surface area contributed by atoms with E-state index in [2.05, 4.69) is 52.2 Å². The summed E-state index contributed by atoms with van der Waals surface area (Å²) in [5.74, 6) is 0.824. The number of hydrogen-bond donors (Lipinski definition) is 0. The highest BCUT2D eigenvalue weighted by atomic mass is 79.9. The lowest BCUT2D eigenvalue weighted by Crippen LogP contribution is -2.47. The van der Waals surface area contributed by atoms with Crippen molar-refractivity contribution in [3.63, 3.8) is 0 Å². The summed E-state index contributed by atoms with van der Waals surface area (Å²) in [5, 5.41) is 11.2. The summed E-state index contributed by atoms with van der Waals surface area (Å²) < 4.78 is 8.67. The van der Waals surface area contributed by atoms with E-state index in [9.17, 15) is 0 Å². The Hall–Kier alpha value is -3.84. The molecule has 0 radical (unpaired) electrons. The summed E-state index contributed by atoms with van der Waals surface area (Å²) in [5.41, 5.74) is 5.69. The standard InChI is InChI=1S/C29H22BrN5O/c1-29(2)28(30)26(35-16-22(33-34-35)17-10-4-3-5-11-17)23-25-24(31-20-14-8-9-15-21(20)32-25)18-12-6-7-13-19(18)27(23)36-29/h3-16,26,28H,1-2H3/t26-,28+/m1/s1. The fourth-order valence-corrected chi connectivity index (χ4v) is 5.77. The number of nitrogens with zero attached hydrogens (tertiary/aromatic N) is 5. The maximum atomic E-state index is 6.73. The largest absolute Gasteiger partial charge is 0.485 e. The first-order valence-electron chi connectivity index (χ1n) is 11.9. The van der Waals surface area contributed by atoms with Crippen LogP contribution in [0.5, 0.6) is 5.75 Å².